The lowest BCUT2D eigenvalue weighted by atomic mass is 10.3. The fraction of sp³-hybridized carbons (Fsp3) is 0.917. The van der Waals surface area contributed by atoms with E-state index >= 15 is 0 Å². The third-order valence-corrected chi connectivity index (χ3v) is 2.83. The second-order valence-corrected chi connectivity index (χ2v) is 4.94. The van der Waals surface area contributed by atoms with Crippen molar-refractivity contribution in [3.05, 3.63) is 0 Å². The Balaban J connectivity index is 1.62. The number of ether oxygens (including phenoxy) is 5. The highest BCUT2D eigenvalue weighted by atomic mass is 16.8. The Morgan fingerprint density at radius 2 is 1.67 bits per heavy atom. The standard InChI is InChI=1S/C12H21NO8/c14-12(1-2-13(15)16)21-11(5-17-3-9-7-19-9)6-18-4-10-8-20-10/h9-11,15-16H,1-8H2. The third kappa shape index (κ3) is 8.27. The molecular formula is C12H21NO8. The summed E-state index contributed by atoms with van der Waals surface area (Å²) in [7, 11) is 0. The summed E-state index contributed by atoms with van der Waals surface area (Å²) in [5.74, 6) is -0.550. The van der Waals surface area contributed by atoms with Crippen LogP contribution in [0.25, 0.3) is 0 Å². The molecule has 0 spiro atoms. The maximum atomic E-state index is 11.5. The molecule has 0 radical (unpaired) electrons. The fourth-order valence-electron chi connectivity index (χ4n) is 1.54. The summed E-state index contributed by atoms with van der Waals surface area (Å²) in [5, 5.41) is 17.1. The lowest BCUT2D eigenvalue weighted by Crippen LogP contribution is -2.31. The Hall–Kier alpha value is -0.810. The van der Waals surface area contributed by atoms with Crippen LogP contribution in [0.1, 0.15) is 6.42 Å². The highest BCUT2D eigenvalue weighted by Crippen LogP contribution is 2.11. The van der Waals surface area contributed by atoms with E-state index in [1.165, 1.54) is 0 Å². The van der Waals surface area contributed by atoms with Crippen molar-refractivity contribution in [2.45, 2.75) is 24.7 Å². The number of hydrogen-bond acceptors (Lipinski definition) is 9. The van der Waals surface area contributed by atoms with Gasteiger partial charge < -0.3 is 23.7 Å². The summed E-state index contributed by atoms with van der Waals surface area (Å²) in [4.78, 5) is 11.5. The molecule has 2 saturated heterocycles. The number of carbonyl (C=O) groups excluding carboxylic acids is 1. The summed E-state index contributed by atoms with van der Waals surface area (Å²) in [6, 6.07) is 0. The van der Waals surface area contributed by atoms with Gasteiger partial charge in [0.05, 0.1) is 52.6 Å². The van der Waals surface area contributed by atoms with Crippen molar-refractivity contribution < 1.29 is 38.9 Å². The van der Waals surface area contributed by atoms with Crippen molar-refractivity contribution in [1.82, 2.24) is 5.23 Å². The Morgan fingerprint density at radius 1 is 1.14 bits per heavy atom. The number of hydroxylamine groups is 2. The molecule has 2 heterocycles. The fourth-order valence-corrected chi connectivity index (χ4v) is 1.54. The van der Waals surface area contributed by atoms with Gasteiger partial charge >= 0.3 is 5.97 Å². The van der Waals surface area contributed by atoms with Crippen molar-refractivity contribution in [3.8, 4) is 0 Å². The van der Waals surface area contributed by atoms with Gasteiger partial charge in [-0.2, -0.15) is 0 Å². The van der Waals surface area contributed by atoms with E-state index in [0.29, 0.717) is 26.4 Å². The molecule has 0 aromatic carbocycles. The van der Waals surface area contributed by atoms with E-state index in [2.05, 4.69) is 0 Å². The van der Waals surface area contributed by atoms with Gasteiger partial charge in [-0.05, 0) is 0 Å². The average Bonchev–Trinajstić information content (AvgIpc) is 3.30. The summed E-state index contributed by atoms with van der Waals surface area (Å²) >= 11 is 0. The first-order valence-electron chi connectivity index (χ1n) is 6.87. The number of carbonyl (C=O) groups is 1. The SMILES string of the molecule is O=C(CCN(O)O)OC(COCC1CO1)COCC1CO1. The lowest BCUT2D eigenvalue weighted by molar-refractivity contribution is -0.306. The quantitative estimate of drug-likeness (QED) is 0.272. The minimum absolute atomic E-state index is 0.0574. The first-order valence-corrected chi connectivity index (χ1v) is 6.87. The molecular weight excluding hydrogens is 286 g/mol. The molecule has 21 heavy (non-hydrogen) atoms. The Labute approximate surface area is 122 Å². The predicted molar refractivity (Wildman–Crippen MR) is 65.9 cm³/mol. The Morgan fingerprint density at radius 3 is 2.10 bits per heavy atom. The van der Waals surface area contributed by atoms with E-state index in [1.807, 2.05) is 0 Å². The minimum Gasteiger partial charge on any atom is -0.457 e. The van der Waals surface area contributed by atoms with Crippen LogP contribution in [-0.2, 0) is 28.5 Å². The molecule has 0 saturated carbocycles. The van der Waals surface area contributed by atoms with Gasteiger partial charge in [0.15, 0.2) is 0 Å². The zero-order valence-electron chi connectivity index (χ0n) is 11.7. The van der Waals surface area contributed by atoms with Crippen molar-refractivity contribution >= 4 is 5.97 Å². The molecule has 2 fully saturated rings. The Kier molecular flexibility index (Phi) is 6.77. The van der Waals surface area contributed by atoms with Gasteiger partial charge in [-0.1, -0.05) is 5.23 Å². The van der Waals surface area contributed by atoms with Crippen LogP contribution in [0.5, 0.6) is 0 Å². The molecule has 2 aliphatic rings. The van der Waals surface area contributed by atoms with Gasteiger partial charge in [-0.3, -0.25) is 15.2 Å². The predicted octanol–water partition coefficient (Wildman–Crippen LogP) is -0.800. The third-order valence-electron chi connectivity index (χ3n) is 2.83. The minimum atomic E-state index is -0.550. The van der Waals surface area contributed by atoms with E-state index in [0.717, 1.165) is 0 Å². The molecule has 2 rings (SSSR count). The number of esters is 1. The van der Waals surface area contributed by atoms with Crippen molar-refractivity contribution in [2.75, 3.05) is 46.2 Å². The molecule has 9 heteroatoms. The average molecular weight is 307 g/mol. The van der Waals surface area contributed by atoms with Crippen LogP contribution in [0.15, 0.2) is 0 Å². The second kappa shape index (κ2) is 8.59. The van der Waals surface area contributed by atoms with Crippen LogP contribution >= 0.6 is 0 Å². The maximum Gasteiger partial charge on any atom is 0.307 e. The maximum absolute atomic E-state index is 11.5. The number of nitrogens with zero attached hydrogens (tertiary/aromatic N) is 1. The van der Waals surface area contributed by atoms with Crippen molar-refractivity contribution in [1.29, 1.82) is 0 Å². The molecule has 2 N–H and O–H groups in total. The highest BCUT2D eigenvalue weighted by molar-refractivity contribution is 5.69. The lowest BCUT2D eigenvalue weighted by Gasteiger charge is -2.18. The number of rotatable bonds is 12. The molecule has 0 aliphatic carbocycles. The van der Waals surface area contributed by atoms with Crippen LogP contribution in [0.3, 0.4) is 0 Å². The van der Waals surface area contributed by atoms with E-state index in [4.69, 9.17) is 34.1 Å². The molecule has 2 unspecified atom stereocenters. The zero-order valence-corrected chi connectivity index (χ0v) is 11.7. The summed E-state index contributed by atoms with van der Waals surface area (Å²) in [6.45, 7) is 2.50. The van der Waals surface area contributed by atoms with Gasteiger partial charge in [0.2, 0.25) is 0 Å². The van der Waals surface area contributed by atoms with Crippen LogP contribution in [0.2, 0.25) is 0 Å². The summed E-state index contributed by atoms with van der Waals surface area (Å²) in [5.41, 5.74) is 0. The molecule has 0 aromatic rings. The van der Waals surface area contributed by atoms with Gasteiger partial charge in [0, 0.05) is 0 Å². The van der Waals surface area contributed by atoms with Gasteiger partial charge in [0.1, 0.15) is 18.3 Å². The monoisotopic (exact) mass is 307 g/mol. The summed E-state index contributed by atoms with van der Waals surface area (Å²) in [6.07, 6.45) is -0.402. The largest absolute Gasteiger partial charge is 0.457 e. The molecule has 0 aromatic heterocycles. The summed E-state index contributed by atoms with van der Waals surface area (Å²) < 4.78 is 26.0. The van der Waals surface area contributed by atoms with Crippen LogP contribution < -0.4 is 0 Å². The van der Waals surface area contributed by atoms with Gasteiger partial charge in [-0.25, -0.2) is 0 Å². The first-order chi connectivity index (χ1) is 10.1. The van der Waals surface area contributed by atoms with Gasteiger partial charge in [0.25, 0.3) is 0 Å². The van der Waals surface area contributed by atoms with Crippen LogP contribution in [0, 0.1) is 0 Å². The topological polar surface area (TPSA) is 114 Å². The second-order valence-electron chi connectivity index (χ2n) is 4.94. The van der Waals surface area contributed by atoms with Crippen LogP contribution in [0.4, 0.5) is 0 Å². The van der Waals surface area contributed by atoms with E-state index in [1.54, 1.807) is 0 Å². The smallest absolute Gasteiger partial charge is 0.307 e. The molecule has 0 bridgehead atoms. The van der Waals surface area contributed by atoms with E-state index in [-0.39, 0.29) is 43.6 Å². The Bertz CT molecular complexity index is 300. The van der Waals surface area contributed by atoms with E-state index < -0.39 is 12.1 Å². The zero-order chi connectivity index (χ0) is 15.1. The van der Waals surface area contributed by atoms with Crippen molar-refractivity contribution in [2.24, 2.45) is 0 Å². The molecule has 2 atom stereocenters. The normalized spacial score (nSPS) is 24.9. The molecule has 2 aliphatic heterocycles. The molecule has 0 amide bonds. The van der Waals surface area contributed by atoms with Gasteiger partial charge in [-0.15, -0.1) is 0 Å². The molecule has 9 nitrogen and oxygen atoms in total. The van der Waals surface area contributed by atoms with E-state index in [9.17, 15) is 4.79 Å². The number of epoxide rings is 2. The van der Waals surface area contributed by atoms with Crippen molar-refractivity contribution in [3.63, 3.8) is 0 Å². The number of hydrogen-bond donors (Lipinski definition) is 2. The highest BCUT2D eigenvalue weighted by Gasteiger charge is 2.25. The molecule has 122 valence electrons. The first kappa shape index (κ1) is 16.6. The van der Waals surface area contributed by atoms with Crippen LogP contribution in [-0.4, -0.2) is 86.1 Å².